The molecule has 8 rings (SSSR count). The molecular weight excluding hydrogens is 811 g/mol. The van der Waals surface area contributed by atoms with Crippen LogP contribution in [0.5, 0.6) is 0 Å². The number of hydrogen-bond donors (Lipinski definition) is 4. The van der Waals surface area contributed by atoms with E-state index in [1.54, 1.807) is 0 Å². The van der Waals surface area contributed by atoms with Gasteiger partial charge in [0.25, 0.3) is 0 Å². The molecule has 4 aromatic rings. The number of allylic oxidation sites excluding steroid dienone is 8. The van der Waals surface area contributed by atoms with Crippen molar-refractivity contribution in [3.8, 4) is 0 Å². The number of Topliss-reactive ketones (excluding diaryl/α,β-unsaturated/α-hetero) is 1. The average Bonchev–Trinajstić information content (AvgIpc) is 3.99. The third-order valence-electron chi connectivity index (χ3n) is 12.4. The Labute approximate surface area is 373 Å². The number of carbonyl (C=O) groups excluding carboxylic acids is 3. The van der Waals surface area contributed by atoms with E-state index in [9.17, 15) is 14.4 Å². The maximum atomic E-state index is 14.2. The molecule has 0 saturated carbocycles. The number of unbranched alkanes of at least 4 members (excludes halogenated alkanes) is 1. The van der Waals surface area contributed by atoms with Crippen molar-refractivity contribution >= 4 is 77.8 Å². The highest BCUT2D eigenvalue weighted by Crippen LogP contribution is 2.65. The predicted octanol–water partition coefficient (Wildman–Crippen LogP) is 9.08. The Balaban J connectivity index is 0.00000285. The van der Waals surface area contributed by atoms with Gasteiger partial charge in [-0.25, -0.2) is 5.43 Å². The minimum absolute atomic E-state index is 0.0420. The molecule has 0 unspecified atom stereocenters. The molecule has 0 aromatic heterocycles. The van der Waals surface area contributed by atoms with Crippen molar-refractivity contribution in [2.45, 2.75) is 80.7 Å². The first-order valence-electron chi connectivity index (χ1n) is 21.6. The predicted molar refractivity (Wildman–Crippen MR) is 260 cm³/mol. The van der Waals surface area contributed by atoms with Gasteiger partial charge in [-0.3, -0.25) is 19.8 Å². The number of anilines is 1. The Morgan fingerprint density at radius 2 is 1.44 bits per heavy atom. The summed E-state index contributed by atoms with van der Waals surface area (Å²) in [7, 11) is 4.19. The summed E-state index contributed by atoms with van der Waals surface area (Å²) in [5.41, 5.74) is 23.8. The van der Waals surface area contributed by atoms with Crippen molar-refractivity contribution < 1.29 is 19.0 Å². The van der Waals surface area contributed by atoms with Gasteiger partial charge in [0.2, 0.25) is 17.5 Å². The lowest BCUT2D eigenvalue weighted by Gasteiger charge is -2.27. The van der Waals surface area contributed by atoms with Crippen LogP contribution < -0.4 is 26.8 Å². The lowest BCUT2D eigenvalue weighted by atomic mass is 9.79. The van der Waals surface area contributed by atoms with Crippen molar-refractivity contribution in [1.29, 1.82) is 0 Å². The van der Waals surface area contributed by atoms with Crippen LogP contribution in [-0.4, -0.2) is 71.2 Å². The largest absolute Gasteiger partial charge is 0.680 e. The SMILES string of the molecule is CC1(C)C2=[N+](CCC(=O)NCC3(SS3)C(=O)[C@H](CCCCN)NNC(=O)CCN3/C(=C/C=C/C=C/C=C/2)C(C)(C)c2c3ccc3ccccc23)c2ccc3ccccc3c21.C[NH-]. The van der Waals surface area contributed by atoms with E-state index < -0.39 is 10.1 Å². The molecule has 0 aliphatic carbocycles. The molecule has 6 N–H and O–H groups in total. The summed E-state index contributed by atoms with van der Waals surface area (Å²) in [6.07, 6.45) is 17.1. The molecular formula is C50H59N7O3S2. The minimum atomic E-state index is -0.817. The Kier molecular flexibility index (Phi) is 13.9. The van der Waals surface area contributed by atoms with Crippen LogP contribution in [0.1, 0.15) is 70.9 Å². The first-order chi connectivity index (χ1) is 30.0. The molecule has 1 spiro atoms. The Hall–Kier alpha value is -4.98. The van der Waals surface area contributed by atoms with Crippen molar-refractivity contribution in [3.63, 3.8) is 0 Å². The lowest BCUT2D eigenvalue weighted by Crippen LogP contribution is -2.53. The second-order valence-corrected chi connectivity index (χ2v) is 20.1. The summed E-state index contributed by atoms with van der Waals surface area (Å²) in [5, 5.41) is 7.87. The highest BCUT2D eigenvalue weighted by Gasteiger charge is 2.55. The molecule has 1 saturated heterocycles. The van der Waals surface area contributed by atoms with Crippen LogP contribution in [0.4, 0.5) is 11.4 Å². The van der Waals surface area contributed by atoms with Crippen molar-refractivity contribution in [2.75, 3.05) is 38.1 Å². The maximum absolute atomic E-state index is 14.2. The van der Waals surface area contributed by atoms with Gasteiger partial charge in [0.05, 0.1) is 24.4 Å². The Morgan fingerprint density at radius 3 is 2.15 bits per heavy atom. The number of nitrogens with two attached hydrogens (primary N) is 1. The van der Waals surface area contributed by atoms with Crippen LogP contribution in [0.15, 0.2) is 121 Å². The summed E-state index contributed by atoms with van der Waals surface area (Å²) < 4.78 is 1.47. The molecule has 4 heterocycles. The monoisotopic (exact) mass is 869 g/mol. The third kappa shape index (κ3) is 8.94. The maximum Gasteiger partial charge on any atom is 0.235 e. The fraction of sp³-hybridized carbons (Fsp3) is 0.360. The van der Waals surface area contributed by atoms with Crippen LogP contribution >= 0.6 is 21.6 Å². The van der Waals surface area contributed by atoms with E-state index in [1.165, 1.54) is 61.3 Å². The zero-order valence-electron chi connectivity index (χ0n) is 36.4. The fourth-order valence-corrected chi connectivity index (χ4v) is 11.3. The van der Waals surface area contributed by atoms with E-state index in [-0.39, 0.29) is 47.8 Å². The summed E-state index contributed by atoms with van der Waals surface area (Å²) in [6.45, 7) is 10.7. The smallest absolute Gasteiger partial charge is 0.235 e. The standard InChI is InChI=1S/C49H54N6O3S2.CH4N/c1-47(2)40-21-8-6-5-7-9-22-41-48(3,4)45-36-19-13-11-17-34(36)24-26-39(45)55(41)31-28-43(57)53-52-37(20-14-15-29-50)46(58)49(59-60-49)32-51-42(56)27-30-54(40)38-25-23-33-16-10-12-18-35(33)44(38)47;1-2/h5-13,16-19,21-26,37,52H,14-15,20,27-32,50H2,1-4H3,(H-,51,53,56,57);2H,1H3/q;-1/p+1/t37-;/m0./s1. The van der Waals surface area contributed by atoms with Gasteiger partial charge >= 0.3 is 0 Å². The van der Waals surface area contributed by atoms with Gasteiger partial charge in [-0.2, -0.15) is 11.6 Å². The first-order valence-corrected chi connectivity index (χ1v) is 23.7. The second-order valence-electron chi connectivity index (χ2n) is 17.1. The first kappa shape index (κ1) is 45.1. The summed E-state index contributed by atoms with van der Waals surface area (Å²) in [6, 6.07) is 25.0. The van der Waals surface area contributed by atoms with E-state index in [0.29, 0.717) is 26.1 Å². The molecule has 62 heavy (non-hydrogen) atoms. The number of hydrogen-bond acceptors (Lipinski definition) is 8. The lowest BCUT2D eigenvalue weighted by molar-refractivity contribution is -0.436. The number of ketones is 1. The number of amides is 2. The molecule has 12 heteroatoms. The molecule has 1 atom stereocenters. The molecule has 4 aromatic carbocycles. The Bertz CT molecular complexity index is 2520. The van der Waals surface area contributed by atoms with Crippen LogP contribution in [0.2, 0.25) is 0 Å². The highest BCUT2D eigenvalue weighted by atomic mass is 33.2. The number of nitrogens with one attached hydrogen (secondary N) is 4. The number of nitrogens with zero attached hydrogens (tertiary/aromatic N) is 2. The van der Waals surface area contributed by atoms with E-state index in [2.05, 4.69) is 150 Å². The molecule has 1 fully saturated rings. The van der Waals surface area contributed by atoms with Gasteiger partial charge in [0.1, 0.15) is 0 Å². The van der Waals surface area contributed by atoms with E-state index in [4.69, 9.17) is 11.5 Å². The minimum Gasteiger partial charge on any atom is -0.680 e. The van der Waals surface area contributed by atoms with Gasteiger partial charge < -0.3 is 21.7 Å². The zero-order valence-corrected chi connectivity index (χ0v) is 38.1. The molecule has 0 bridgehead atoms. The topological polar surface area (TPSA) is 143 Å². The number of fused-ring (bicyclic) bond motifs is 9. The molecule has 324 valence electrons. The van der Waals surface area contributed by atoms with Crippen molar-refractivity contribution in [1.82, 2.24) is 16.2 Å². The number of benzene rings is 4. The van der Waals surface area contributed by atoms with Gasteiger partial charge in [-0.15, -0.1) is 0 Å². The summed E-state index contributed by atoms with van der Waals surface area (Å²) >= 11 is 0. The normalized spacial score (nSPS) is 23.3. The van der Waals surface area contributed by atoms with Crippen LogP contribution in [0.3, 0.4) is 0 Å². The number of rotatable bonds is 4. The van der Waals surface area contributed by atoms with E-state index >= 15 is 0 Å². The fourth-order valence-electron chi connectivity index (χ4n) is 9.30. The summed E-state index contributed by atoms with van der Waals surface area (Å²) in [4.78, 5) is 43.6. The van der Waals surface area contributed by atoms with Crippen molar-refractivity contribution in [2.24, 2.45) is 5.73 Å². The van der Waals surface area contributed by atoms with Gasteiger partial charge in [-0.1, -0.05) is 127 Å². The number of hydrazine groups is 1. The van der Waals surface area contributed by atoms with Crippen LogP contribution in [-0.2, 0) is 25.2 Å². The quantitative estimate of drug-likeness (QED) is 0.0689. The van der Waals surface area contributed by atoms with E-state index in [1.807, 2.05) is 18.2 Å². The van der Waals surface area contributed by atoms with Crippen molar-refractivity contribution in [3.05, 3.63) is 138 Å². The molecule has 2 amide bonds. The molecule has 0 radical (unpaired) electrons. The van der Waals surface area contributed by atoms with Gasteiger partial charge in [-0.05, 0) is 78.6 Å². The van der Waals surface area contributed by atoms with Gasteiger partial charge in [0, 0.05) is 47.5 Å². The molecule has 4 aliphatic heterocycles. The zero-order chi connectivity index (χ0) is 44.1. The van der Waals surface area contributed by atoms with Crippen LogP contribution in [0.25, 0.3) is 27.3 Å². The highest BCUT2D eigenvalue weighted by molar-refractivity contribution is 8.94. The van der Waals surface area contributed by atoms with Gasteiger partial charge in [0.15, 0.2) is 22.1 Å². The number of carbonyl (C=O) groups is 3. The van der Waals surface area contributed by atoms with Crippen LogP contribution in [0, 0.1) is 0 Å². The van der Waals surface area contributed by atoms with E-state index in [0.717, 1.165) is 35.6 Å². The third-order valence-corrected chi connectivity index (χ3v) is 15.4. The molecule has 10 nitrogen and oxygen atoms in total. The average molecular weight is 870 g/mol. The molecule has 4 aliphatic rings. The second kappa shape index (κ2) is 19.2. The summed E-state index contributed by atoms with van der Waals surface area (Å²) in [5.74, 6) is -0.357. The Morgan fingerprint density at radius 1 is 0.774 bits per heavy atom.